The lowest BCUT2D eigenvalue weighted by Crippen LogP contribution is -2.07. The van der Waals surface area contributed by atoms with E-state index in [1.807, 2.05) is 0 Å². The number of anilines is 2. The Morgan fingerprint density at radius 3 is 2.85 bits per heavy atom. The summed E-state index contributed by atoms with van der Waals surface area (Å²) < 4.78 is 13.0. The Morgan fingerprint density at radius 2 is 2.20 bits per heavy atom. The molecule has 0 aliphatic carbocycles. The van der Waals surface area contributed by atoms with E-state index in [-0.39, 0.29) is 16.3 Å². The minimum atomic E-state index is -1.13. The summed E-state index contributed by atoms with van der Waals surface area (Å²) in [5.41, 5.74) is 6.31. The van der Waals surface area contributed by atoms with E-state index in [2.05, 4.69) is 10.3 Å². The van der Waals surface area contributed by atoms with Crippen LogP contribution in [-0.2, 0) is 6.54 Å². The molecule has 0 saturated heterocycles. The highest BCUT2D eigenvalue weighted by Crippen LogP contribution is 2.18. The Labute approximate surface area is 119 Å². The Kier molecular flexibility index (Phi) is 4.05. The number of rotatable bonds is 4. The van der Waals surface area contributed by atoms with Crippen LogP contribution in [0.5, 0.6) is 0 Å². The third-order valence-electron chi connectivity index (χ3n) is 2.62. The molecule has 0 spiro atoms. The van der Waals surface area contributed by atoms with Crippen molar-refractivity contribution in [2.75, 3.05) is 11.1 Å². The van der Waals surface area contributed by atoms with Gasteiger partial charge in [0, 0.05) is 6.54 Å². The fourth-order valence-corrected chi connectivity index (χ4v) is 1.79. The van der Waals surface area contributed by atoms with Gasteiger partial charge in [-0.05, 0) is 23.8 Å². The molecule has 0 atom stereocenters. The maximum Gasteiger partial charge on any atom is 0.337 e. The number of halogens is 2. The van der Waals surface area contributed by atoms with E-state index < -0.39 is 11.8 Å². The third-order valence-corrected chi connectivity index (χ3v) is 2.91. The zero-order valence-corrected chi connectivity index (χ0v) is 11.0. The second-order valence-electron chi connectivity index (χ2n) is 4.06. The molecule has 1 aromatic carbocycles. The van der Waals surface area contributed by atoms with Crippen molar-refractivity contribution in [3.8, 4) is 0 Å². The Morgan fingerprint density at radius 1 is 1.45 bits per heavy atom. The van der Waals surface area contributed by atoms with Crippen LogP contribution < -0.4 is 11.1 Å². The van der Waals surface area contributed by atoms with Crippen LogP contribution in [0, 0.1) is 5.82 Å². The van der Waals surface area contributed by atoms with Crippen molar-refractivity contribution in [1.82, 2.24) is 4.98 Å². The van der Waals surface area contributed by atoms with Gasteiger partial charge >= 0.3 is 5.97 Å². The smallest absolute Gasteiger partial charge is 0.337 e. The number of nitrogen functional groups attached to an aromatic ring is 1. The lowest BCUT2D eigenvalue weighted by molar-refractivity contribution is 0.0698. The SMILES string of the molecule is Nc1cnc(NCc2ccc(F)c(Cl)c2)cc1C(=O)O. The van der Waals surface area contributed by atoms with Gasteiger partial charge in [-0.3, -0.25) is 0 Å². The van der Waals surface area contributed by atoms with Gasteiger partial charge in [-0.25, -0.2) is 14.2 Å². The van der Waals surface area contributed by atoms with E-state index in [0.29, 0.717) is 12.4 Å². The first-order valence-corrected chi connectivity index (χ1v) is 6.02. The van der Waals surface area contributed by atoms with E-state index in [9.17, 15) is 9.18 Å². The Hall–Kier alpha value is -2.34. The number of hydrogen-bond acceptors (Lipinski definition) is 4. The van der Waals surface area contributed by atoms with Crippen molar-refractivity contribution < 1.29 is 14.3 Å². The number of carboxylic acid groups (broad SMARTS) is 1. The molecule has 1 heterocycles. The van der Waals surface area contributed by atoms with Crippen LogP contribution in [0.3, 0.4) is 0 Å². The molecule has 0 saturated carbocycles. The van der Waals surface area contributed by atoms with Crippen molar-refractivity contribution in [2.24, 2.45) is 0 Å². The number of pyridine rings is 1. The van der Waals surface area contributed by atoms with Crippen LogP contribution in [0.25, 0.3) is 0 Å². The number of nitrogens with one attached hydrogen (secondary N) is 1. The summed E-state index contributed by atoms with van der Waals surface area (Å²) in [7, 11) is 0. The molecule has 4 N–H and O–H groups in total. The predicted molar refractivity (Wildman–Crippen MR) is 74.3 cm³/mol. The summed E-state index contributed by atoms with van der Waals surface area (Å²) in [6.07, 6.45) is 1.27. The van der Waals surface area contributed by atoms with Gasteiger partial charge in [0.05, 0.1) is 22.5 Å². The fraction of sp³-hybridized carbons (Fsp3) is 0.0769. The van der Waals surface area contributed by atoms with Crippen LogP contribution >= 0.6 is 11.6 Å². The standard InChI is InChI=1S/C13H11ClFN3O2/c14-9-3-7(1-2-10(9)15)5-17-12-4-8(13(19)20)11(16)6-18-12/h1-4,6H,5,16H2,(H,17,18)(H,19,20). The van der Waals surface area contributed by atoms with Gasteiger partial charge in [0.2, 0.25) is 0 Å². The molecule has 0 bridgehead atoms. The van der Waals surface area contributed by atoms with Crippen LogP contribution in [0.4, 0.5) is 15.9 Å². The highest BCUT2D eigenvalue weighted by Gasteiger charge is 2.09. The lowest BCUT2D eigenvalue weighted by Gasteiger charge is -2.08. The Balaban J connectivity index is 2.12. The lowest BCUT2D eigenvalue weighted by atomic mass is 10.2. The number of aromatic carboxylic acids is 1. The monoisotopic (exact) mass is 295 g/mol. The molecule has 0 radical (unpaired) electrons. The van der Waals surface area contributed by atoms with Crippen molar-refractivity contribution in [3.63, 3.8) is 0 Å². The topological polar surface area (TPSA) is 88.2 Å². The molecule has 2 rings (SSSR count). The molecule has 7 heteroatoms. The minimum absolute atomic E-state index is 0.0281. The summed E-state index contributed by atoms with van der Waals surface area (Å²) >= 11 is 5.67. The van der Waals surface area contributed by atoms with E-state index in [4.69, 9.17) is 22.4 Å². The maximum atomic E-state index is 13.0. The van der Waals surface area contributed by atoms with Crippen LogP contribution in [0.1, 0.15) is 15.9 Å². The molecule has 0 fully saturated rings. The highest BCUT2D eigenvalue weighted by atomic mass is 35.5. The molecule has 2 aromatic rings. The number of nitrogens with two attached hydrogens (primary N) is 1. The predicted octanol–water partition coefficient (Wildman–Crippen LogP) is 2.77. The summed E-state index contributed by atoms with van der Waals surface area (Å²) in [5.74, 6) is -1.26. The summed E-state index contributed by atoms with van der Waals surface area (Å²) in [6.45, 7) is 0.329. The van der Waals surface area contributed by atoms with Crippen molar-refractivity contribution in [2.45, 2.75) is 6.54 Å². The first kappa shape index (κ1) is 14.1. The van der Waals surface area contributed by atoms with Gasteiger partial charge in [-0.1, -0.05) is 17.7 Å². The average Bonchev–Trinajstić information content (AvgIpc) is 2.41. The molecular weight excluding hydrogens is 285 g/mol. The van der Waals surface area contributed by atoms with E-state index in [0.717, 1.165) is 5.56 Å². The van der Waals surface area contributed by atoms with Crippen molar-refractivity contribution in [1.29, 1.82) is 0 Å². The van der Waals surface area contributed by atoms with Gasteiger partial charge < -0.3 is 16.2 Å². The number of hydrogen-bond donors (Lipinski definition) is 3. The number of nitrogens with zero attached hydrogens (tertiary/aromatic N) is 1. The van der Waals surface area contributed by atoms with E-state index in [1.165, 1.54) is 24.4 Å². The van der Waals surface area contributed by atoms with Crippen LogP contribution in [-0.4, -0.2) is 16.1 Å². The van der Waals surface area contributed by atoms with Gasteiger partial charge in [-0.15, -0.1) is 0 Å². The van der Waals surface area contributed by atoms with Crippen LogP contribution in [0.15, 0.2) is 30.5 Å². The summed E-state index contributed by atoms with van der Waals surface area (Å²) in [5, 5.41) is 11.9. The first-order chi connectivity index (χ1) is 9.47. The zero-order chi connectivity index (χ0) is 14.7. The van der Waals surface area contributed by atoms with Gasteiger partial charge in [0.15, 0.2) is 0 Å². The number of carbonyl (C=O) groups is 1. The average molecular weight is 296 g/mol. The van der Waals surface area contributed by atoms with E-state index >= 15 is 0 Å². The van der Waals surface area contributed by atoms with Gasteiger partial charge in [0.1, 0.15) is 11.6 Å². The molecule has 0 aliphatic heterocycles. The number of benzene rings is 1. The first-order valence-electron chi connectivity index (χ1n) is 5.64. The third kappa shape index (κ3) is 3.16. The van der Waals surface area contributed by atoms with Gasteiger partial charge in [0.25, 0.3) is 0 Å². The normalized spacial score (nSPS) is 10.3. The van der Waals surface area contributed by atoms with Gasteiger partial charge in [-0.2, -0.15) is 0 Å². The second-order valence-corrected chi connectivity index (χ2v) is 4.47. The largest absolute Gasteiger partial charge is 0.478 e. The molecule has 0 unspecified atom stereocenters. The van der Waals surface area contributed by atoms with Crippen molar-refractivity contribution >= 4 is 29.1 Å². The maximum absolute atomic E-state index is 13.0. The fourth-order valence-electron chi connectivity index (χ4n) is 1.59. The molecule has 5 nitrogen and oxygen atoms in total. The minimum Gasteiger partial charge on any atom is -0.478 e. The molecule has 104 valence electrons. The van der Waals surface area contributed by atoms with Crippen LogP contribution in [0.2, 0.25) is 5.02 Å². The second kappa shape index (κ2) is 5.75. The molecule has 0 aliphatic rings. The molecule has 20 heavy (non-hydrogen) atoms. The zero-order valence-electron chi connectivity index (χ0n) is 10.2. The highest BCUT2D eigenvalue weighted by molar-refractivity contribution is 6.30. The number of aromatic nitrogens is 1. The van der Waals surface area contributed by atoms with E-state index in [1.54, 1.807) is 6.07 Å². The quantitative estimate of drug-likeness (QED) is 0.807. The number of carboxylic acids is 1. The van der Waals surface area contributed by atoms with Crippen molar-refractivity contribution in [3.05, 3.63) is 52.4 Å². The summed E-state index contributed by atoms with van der Waals surface area (Å²) in [4.78, 5) is 14.9. The molecule has 0 amide bonds. The molecular formula is C13H11ClFN3O2. The Bertz CT molecular complexity index is 664. The molecule has 1 aromatic heterocycles. The summed E-state index contributed by atoms with van der Waals surface area (Å²) in [6, 6.07) is 5.66.